The van der Waals surface area contributed by atoms with E-state index < -0.39 is 0 Å². The van der Waals surface area contributed by atoms with Crippen LogP contribution in [0.4, 0.5) is 5.69 Å². The van der Waals surface area contributed by atoms with Gasteiger partial charge in [0.15, 0.2) is 0 Å². The second-order valence-corrected chi connectivity index (χ2v) is 6.12. The summed E-state index contributed by atoms with van der Waals surface area (Å²) in [5.41, 5.74) is 1.32. The van der Waals surface area contributed by atoms with Gasteiger partial charge in [0.2, 0.25) is 0 Å². The van der Waals surface area contributed by atoms with Gasteiger partial charge in [-0.25, -0.2) is 0 Å². The number of phenolic OH excluding ortho intramolecular Hbond substituents is 2. The number of benzene rings is 2. The minimum Gasteiger partial charge on any atom is -0.508 e. The van der Waals surface area contributed by atoms with Gasteiger partial charge < -0.3 is 15.5 Å². The van der Waals surface area contributed by atoms with Crippen LogP contribution in [0, 0.1) is 0 Å². The molecule has 0 aromatic heterocycles. The van der Waals surface area contributed by atoms with Crippen molar-refractivity contribution in [3.05, 3.63) is 50.4 Å². The van der Waals surface area contributed by atoms with Crippen LogP contribution in [0.2, 0.25) is 10.0 Å². The fraction of sp³-hybridized carbons (Fsp3) is 0.143. The minimum absolute atomic E-state index is 0.00153. The standard InChI is InChI=1S/C14H12BrCl2NO2/c1-7(8-2-10(19)6-11(20)3-8)18-14-12(16)4-9(15)5-13(14)17/h2-7,18-20H,1H3. The van der Waals surface area contributed by atoms with Crippen molar-refractivity contribution in [1.29, 1.82) is 0 Å². The molecular formula is C14H12BrCl2NO2. The molecule has 3 N–H and O–H groups in total. The maximum Gasteiger partial charge on any atom is 0.119 e. The summed E-state index contributed by atoms with van der Waals surface area (Å²) >= 11 is 15.6. The van der Waals surface area contributed by atoms with E-state index >= 15 is 0 Å². The maximum absolute atomic E-state index is 9.51. The molecule has 106 valence electrons. The van der Waals surface area contributed by atoms with Crippen LogP contribution in [0.1, 0.15) is 18.5 Å². The van der Waals surface area contributed by atoms with Crippen LogP contribution >= 0.6 is 39.1 Å². The van der Waals surface area contributed by atoms with Gasteiger partial charge in [0.1, 0.15) is 11.5 Å². The van der Waals surface area contributed by atoms with E-state index in [0.29, 0.717) is 15.7 Å². The van der Waals surface area contributed by atoms with Crippen molar-refractivity contribution >= 4 is 44.8 Å². The summed E-state index contributed by atoms with van der Waals surface area (Å²) in [6, 6.07) is 7.70. The summed E-state index contributed by atoms with van der Waals surface area (Å²) in [5, 5.41) is 23.2. The lowest BCUT2D eigenvalue weighted by molar-refractivity contribution is 0.448. The first-order valence-corrected chi connectivity index (χ1v) is 7.35. The summed E-state index contributed by atoms with van der Waals surface area (Å²) in [4.78, 5) is 0. The monoisotopic (exact) mass is 375 g/mol. The highest BCUT2D eigenvalue weighted by atomic mass is 79.9. The van der Waals surface area contributed by atoms with Gasteiger partial charge in [-0.1, -0.05) is 39.1 Å². The molecule has 2 aromatic carbocycles. The molecule has 3 nitrogen and oxygen atoms in total. The third-order valence-electron chi connectivity index (χ3n) is 2.79. The largest absolute Gasteiger partial charge is 0.508 e. The minimum atomic E-state index is -0.191. The molecule has 0 fully saturated rings. The summed E-state index contributed by atoms with van der Waals surface area (Å²) in [7, 11) is 0. The van der Waals surface area contributed by atoms with Gasteiger partial charge in [-0.05, 0) is 36.8 Å². The van der Waals surface area contributed by atoms with E-state index in [0.717, 1.165) is 10.0 Å². The van der Waals surface area contributed by atoms with Crippen LogP contribution in [0.3, 0.4) is 0 Å². The van der Waals surface area contributed by atoms with Crippen LogP contribution < -0.4 is 5.32 Å². The number of rotatable bonds is 3. The fourth-order valence-electron chi connectivity index (χ4n) is 1.85. The second-order valence-electron chi connectivity index (χ2n) is 4.39. The van der Waals surface area contributed by atoms with Crippen molar-refractivity contribution in [3.63, 3.8) is 0 Å². The zero-order valence-electron chi connectivity index (χ0n) is 10.5. The van der Waals surface area contributed by atoms with Gasteiger partial charge in [0.05, 0.1) is 15.7 Å². The fourth-order valence-corrected chi connectivity index (χ4v) is 3.17. The zero-order valence-corrected chi connectivity index (χ0v) is 13.6. The Labute approximate surface area is 135 Å². The van der Waals surface area contributed by atoms with Gasteiger partial charge in [0, 0.05) is 16.6 Å². The van der Waals surface area contributed by atoms with Crippen LogP contribution in [-0.2, 0) is 0 Å². The average molecular weight is 377 g/mol. The van der Waals surface area contributed by atoms with E-state index in [-0.39, 0.29) is 17.5 Å². The van der Waals surface area contributed by atoms with Crippen molar-refractivity contribution in [1.82, 2.24) is 0 Å². The van der Waals surface area contributed by atoms with E-state index in [9.17, 15) is 10.2 Å². The Bertz CT molecular complexity index is 606. The molecule has 20 heavy (non-hydrogen) atoms. The first kappa shape index (κ1) is 15.3. The SMILES string of the molecule is CC(Nc1c(Cl)cc(Br)cc1Cl)c1cc(O)cc(O)c1. The lowest BCUT2D eigenvalue weighted by atomic mass is 10.1. The van der Waals surface area contributed by atoms with Crippen molar-refractivity contribution in [2.24, 2.45) is 0 Å². The van der Waals surface area contributed by atoms with E-state index in [4.69, 9.17) is 23.2 Å². The molecule has 0 aliphatic rings. The van der Waals surface area contributed by atoms with Crippen molar-refractivity contribution in [3.8, 4) is 11.5 Å². The Morgan fingerprint density at radius 2 is 1.50 bits per heavy atom. The van der Waals surface area contributed by atoms with Crippen LogP contribution in [0.5, 0.6) is 11.5 Å². The molecule has 0 spiro atoms. The number of anilines is 1. The lowest BCUT2D eigenvalue weighted by Gasteiger charge is -2.18. The third-order valence-corrected chi connectivity index (χ3v) is 3.85. The maximum atomic E-state index is 9.51. The molecule has 1 unspecified atom stereocenters. The van der Waals surface area contributed by atoms with Crippen molar-refractivity contribution in [2.45, 2.75) is 13.0 Å². The molecule has 0 heterocycles. The molecule has 1 atom stereocenters. The Hall–Kier alpha value is -1.10. The lowest BCUT2D eigenvalue weighted by Crippen LogP contribution is -2.07. The molecule has 0 bridgehead atoms. The molecule has 0 saturated heterocycles. The normalized spacial score (nSPS) is 12.2. The number of nitrogens with one attached hydrogen (secondary N) is 1. The number of hydrogen-bond acceptors (Lipinski definition) is 3. The molecule has 0 saturated carbocycles. The molecule has 6 heteroatoms. The highest BCUT2D eigenvalue weighted by Crippen LogP contribution is 2.36. The molecule has 2 rings (SSSR count). The molecule has 0 aliphatic carbocycles. The van der Waals surface area contributed by atoms with Gasteiger partial charge in [-0.2, -0.15) is 0 Å². The molecular weight excluding hydrogens is 365 g/mol. The van der Waals surface area contributed by atoms with E-state index in [1.807, 2.05) is 6.92 Å². The quantitative estimate of drug-likeness (QED) is 0.677. The summed E-state index contributed by atoms with van der Waals surface area (Å²) < 4.78 is 0.792. The number of aromatic hydroxyl groups is 2. The molecule has 2 aromatic rings. The summed E-state index contributed by atoms with van der Waals surface area (Å²) in [6.45, 7) is 1.88. The Balaban J connectivity index is 2.30. The topological polar surface area (TPSA) is 52.5 Å². The van der Waals surface area contributed by atoms with Crippen LogP contribution in [0.25, 0.3) is 0 Å². The second kappa shape index (κ2) is 6.12. The predicted molar refractivity (Wildman–Crippen MR) is 86.0 cm³/mol. The smallest absolute Gasteiger partial charge is 0.119 e. The van der Waals surface area contributed by atoms with Gasteiger partial charge in [-0.15, -0.1) is 0 Å². The van der Waals surface area contributed by atoms with Crippen LogP contribution in [-0.4, -0.2) is 10.2 Å². The molecule has 0 radical (unpaired) electrons. The first-order valence-electron chi connectivity index (χ1n) is 5.81. The third kappa shape index (κ3) is 3.51. The van der Waals surface area contributed by atoms with E-state index in [1.165, 1.54) is 6.07 Å². The van der Waals surface area contributed by atoms with Crippen molar-refractivity contribution < 1.29 is 10.2 Å². The Morgan fingerprint density at radius 3 is 2.00 bits per heavy atom. The van der Waals surface area contributed by atoms with E-state index in [2.05, 4.69) is 21.2 Å². The van der Waals surface area contributed by atoms with E-state index in [1.54, 1.807) is 24.3 Å². The Kier molecular flexibility index (Phi) is 4.68. The number of halogens is 3. The highest BCUT2D eigenvalue weighted by molar-refractivity contribution is 9.10. The summed E-state index contributed by atoms with van der Waals surface area (Å²) in [6.07, 6.45) is 0. The van der Waals surface area contributed by atoms with Gasteiger partial charge >= 0.3 is 0 Å². The number of hydrogen-bond donors (Lipinski definition) is 3. The number of phenols is 2. The van der Waals surface area contributed by atoms with Crippen molar-refractivity contribution in [2.75, 3.05) is 5.32 Å². The molecule has 0 aliphatic heterocycles. The summed E-state index contributed by atoms with van der Waals surface area (Å²) in [5.74, 6) is 0.00306. The predicted octanol–water partition coefficient (Wildman–Crippen LogP) is 5.34. The van der Waals surface area contributed by atoms with Crippen LogP contribution in [0.15, 0.2) is 34.8 Å². The molecule has 0 amide bonds. The van der Waals surface area contributed by atoms with Gasteiger partial charge in [-0.3, -0.25) is 0 Å². The highest BCUT2D eigenvalue weighted by Gasteiger charge is 2.13. The first-order chi connectivity index (χ1) is 9.36. The average Bonchev–Trinajstić information content (AvgIpc) is 2.32. The Morgan fingerprint density at radius 1 is 1.00 bits per heavy atom. The zero-order chi connectivity index (χ0) is 14.9. The van der Waals surface area contributed by atoms with Gasteiger partial charge in [0.25, 0.3) is 0 Å².